The summed E-state index contributed by atoms with van der Waals surface area (Å²) in [6.45, 7) is 2.21. The molecule has 0 spiro atoms. The fourth-order valence-electron chi connectivity index (χ4n) is 2.21. The first-order valence-corrected chi connectivity index (χ1v) is 8.47. The molecule has 4 nitrogen and oxygen atoms in total. The highest BCUT2D eigenvalue weighted by Gasteiger charge is 2.18. The first kappa shape index (κ1) is 15.4. The minimum absolute atomic E-state index is 0.0886. The predicted octanol–water partition coefficient (Wildman–Crippen LogP) is 2.70. The summed E-state index contributed by atoms with van der Waals surface area (Å²) in [4.78, 5) is 2.28. The molecule has 0 bridgehead atoms. The van der Waals surface area contributed by atoms with E-state index in [9.17, 15) is 8.42 Å². The van der Waals surface area contributed by atoms with Crippen LogP contribution in [0, 0.1) is 0 Å². The van der Waals surface area contributed by atoms with E-state index in [2.05, 4.69) is 0 Å². The molecule has 5 heteroatoms. The van der Waals surface area contributed by atoms with Gasteiger partial charge in [-0.3, -0.25) is 0 Å². The summed E-state index contributed by atoms with van der Waals surface area (Å²) in [6.07, 6.45) is 0. The molecular formula is C16H20N2O2S. The molecule has 0 aromatic heterocycles. The van der Waals surface area contributed by atoms with Crippen LogP contribution in [0.2, 0.25) is 0 Å². The molecule has 0 saturated heterocycles. The van der Waals surface area contributed by atoms with Crippen LogP contribution in [0.4, 0.5) is 11.4 Å². The lowest BCUT2D eigenvalue weighted by atomic mass is 10.1. The van der Waals surface area contributed by atoms with Gasteiger partial charge in [-0.25, -0.2) is 8.42 Å². The van der Waals surface area contributed by atoms with Crippen LogP contribution in [0.3, 0.4) is 0 Å². The van der Waals surface area contributed by atoms with E-state index < -0.39 is 9.84 Å². The van der Waals surface area contributed by atoms with Crippen LogP contribution in [-0.4, -0.2) is 21.2 Å². The van der Waals surface area contributed by atoms with E-state index in [1.54, 1.807) is 19.1 Å². The topological polar surface area (TPSA) is 63.4 Å². The van der Waals surface area contributed by atoms with Crippen molar-refractivity contribution in [2.75, 3.05) is 23.4 Å². The maximum atomic E-state index is 12.2. The molecule has 2 N–H and O–H groups in total. The standard InChI is InChI=1S/C16H20N2O2S/c1-3-21(19,20)16-11-7-6-10-15(16)18(2)12-13-8-4-5-9-14(13)17/h4-11H,3,12,17H2,1-2H3. The number of rotatable bonds is 5. The number of nitrogen functional groups attached to an aromatic ring is 1. The Hall–Kier alpha value is -2.01. The van der Waals surface area contributed by atoms with Crippen LogP contribution in [0.5, 0.6) is 0 Å². The number of sulfone groups is 1. The number of anilines is 2. The second-order valence-electron chi connectivity index (χ2n) is 4.93. The molecule has 112 valence electrons. The molecule has 0 aliphatic heterocycles. The Bertz CT molecular complexity index is 727. The number of hydrogen-bond donors (Lipinski definition) is 1. The quantitative estimate of drug-likeness (QED) is 0.863. The fourth-order valence-corrected chi connectivity index (χ4v) is 3.35. The van der Waals surface area contributed by atoms with E-state index in [0.717, 1.165) is 5.56 Å². The van der Waals surface area contributed by atoms with Crippen LogP contribution in [0.15, 0.2) is 53.4 Å². The molecule has 2 aromatic rings. The highest BCUT2D eigenvalue weighted by molar-refractivity contribution is 7.91. The van der Waals surface area contributed by atoms with Crippen LogP contribution >= 0.6 is 0 Å². The van der Waals surface area contributed by atoms with Crippen molar-refractivity contribution < 1.29 is 8.42 Å². The smallest absolute Gasteiger partial charge is 0.180 e. The summed E-state index contributed by atoms with van der Waals surface area (Å²) in [6, 6.07) is 14.7. The van der Waals surface area contributed by atoms with E-state index in [0.29, 0.717) is 22.8 Å². The van der Waals surface area contributed by atoms with Gasteiger partial charge in [-0.1, -0.05) is 37.3 Å². The first-order valence-electron chi connectivity index (χ1n) is 6.82. The van der Waals surface area contributed by atoms with Gasteiger partial charge < -0.3 is 10.6 Å². The number of hydrogen-bond acceptors (Lipinski definition) is 4. The number of nitrogens with zero attached hydrogens (tertiary/aromatic N) is 1. The molecule has 21 heavy (non-hydrogen) atoms. The van der Waals surface area contributed by atoms with Gasteiger partial charge in [0.05, 0.1) is 16.3 Å². The normalized spacial score (nSPS) is 11.3. The second kappa shape index (κ2) is 6.18. The lowest BCUT2D eigenvalue weighted by Crippen LogP contribution is -2.20. The largest absolute Gasteiger partial charge is 0.398 e. The maximum absolute atomic E-state index is 12.2. The van der Waals surface area contributed by atoms with Crippen LogP contribution in [0.25, 0.3) is 0 Å². The Labute approximate surface area is 126 Å². The van der Waals surface area contributed by atoms with Gasteiger partial charge in [0.15, 0.2) is 9.84 Å². The molecule has 0 amide bonds. The number of para-hydroxylation sites is 2. The molecule has 0 aliphatic carbocycles. The summed E-state index contributed by atoms with van der Waals surface area (Å²) < 4.78 is 24.4. The fraction of sp³-hybridized carbons (Fsp3) is 0.250. The van der Waals surface area contributed by atoms with Crippen molar-refractivity contribution in [1.82, 2.24) is 0 Å². The second-order valence-corrected chi connectivity index (χ2v) is 7.17. The van der Waals surface area contributed by atoms with Gasteiger partial charge in [0.25, 0.3) is 0 Å². The van der Waals surface area contributed by atoms with Crippen molar-refractivity contribution in [2.45, 2.75) is 18.4 Å². The van der Waals surface area contributed by atoms with E-state index >= 15 is 0 Å². The van der Waals surface area contributed by atoms with Gasteiger partial charge in [0.2, 0.25) is 0 Å². The Balaban J connectivity index is 2.37. The highest BCUT2D eigenvalue weighted by atomic mass is 32.2. The SMILES string of the molecule is CCS(=O)(=O)c1ccccc1N(C)Cc1ccccc1N. The zero-order chi connectivity index (χ0) is 15.5. The molecule has 2 aromatic carbocycles. The van der Waals surface area contributed by atoms with Crippen molar-refractivity contribution in [2.24, 2.45) is 0 Å². The highest BCUT2D eigenvalue weighted by Crippen LogP contribution is 2.27. The Morgan fingerprint density at radius 3 is 2.33 bits per heavy atom. The third-order valence-corrected chi connectivity index (χ3v) is 5.23. The van der Waals surface area contributed by atoms with E-state index in [-0.39, 0.29) is 5.75 Å². The summed E-state index contributed by atoms with van der Waals surface area (Å²) >= 11 is 0. The number of nitrogens with two attached hydrogens (primary N) is 1. The van der Waals surface area contributed by atoms with Gasteiger partial charge in [-0.05, 0) is 23.8 Å². The van der Waals surface area contributed by atoms with Gasteiger partial charge in [-0.15, -0.1) is 0 Å². The van der Waals surface area contributed by atoms with Crippen molar-refractivity contribution >= 4 is 21.2 Å². The lowest BCUT2D eigenvalue weighted by Gasteiger charge is -2.23. The van der Waals surface area contributed by atoms with Crippen molar-refractivity contribution in [3.63, 3.8) is 0 Å². The lowest BCUT2D eigenvalue weighted by molar-refractivity contribution is 0.597. The van der Waals surface area contributed by atoms with E-state index in [1.165, 1.54) is 0 Å². The van der Waals surface area contributed by atoms with Crippen molar-refractivity contribution in [3.05, 3.63) is 54.1 Å². The molecular weight excluding hydrogens is 284 g/mol. The van der Waals surface area contributed by atoms with Gasteiger partial charge in [0.1, 0.15) is 0 Å². The first-order chi connectivity index (χ1) is 9.95. The summed E-state index contributed by atoms with van der Waals surface area (Å²) in [7, 11) is -1.38. The zero-order valence-corrected chi connectivity index (χ0v) is 13.1. The molecule has 0 radical (unpaired) electrons. The average molecular weight is 304 g/mol. The summed E-state index contributed by atoms with van der Waals surface area (Å²) in [5, 5.41) is 0. The third-order valence-electron chi connectivity index (χ3n) is 3.45. The average Bonchev–Trinajstić information content (AvgIpc) is 2.49. The minimum Gasteiger partial charge on any atom is -0.398 e. The molecule has 0 atom stereocenters. The molecule has 0 saturated carbocycles. The van der Waals surface area contributed by atoms with Gasteiger partial charge in [0, 0.05) is 19.3 Å². The van der Waals surface area contributed by atoms with Crippen molar-refractivity contribution in [3.8, 4) is 0 Å². The minimum atomic E-state index is -3.25. The zero-order valence-electron chi connectivity index (χ0n) is 12.3. The summed E-state index contributed by atoms with van der Waals surface area (Å²) in [5.74, 6) is 0.0886. The molecule has 2 rings (SSSR count). The predicted molar refractivity (Wildman–Crippen MR) is 87.1 cm³/mol. The molecule has 0 aliphatic rings. The molecule has 0 heterocycles. The molecule has 0 fully saturated rings. The monoisotopic (exact) mass is 304 g/mol. The van der Waals surface area contributed by atoms with Gasteiger partial charge in [-0.2, -0.15) is 0 Å². The summed E-state index contributed by atoms with van der Waals surface area (Å²) in [5.41, 5.74) is 8.33. The van der Waals surface area contributed by atoms with Crippen LogP contribution < -0.4 is 10.6 Å². The molecule has 0 unspecified atom stereocenters. The van der Waals surface area contributed by atoms with E-state index in [4.69, 9.17) is 5.73 Å². The van der Waals surface area contributed by atoms with Gasteiger partial charge >= 0.3 is 0 Å². The Morgan fingerprint density at radius 1 is 1.05 bits per heavy atom. The number of benzene rings is 2. The third kappa shape index (κ3) is 3.36. The van der Waals surface area contributed by atoms with Crippen LogP contribution in [-0.2, 0) is 16.4 Å². The van der Waals surface area contributed by atoms with E-state index in [1.807, 2.05) is 48.3 Å². The maximum Gasteiger partial charge on any atom is 0.180 e. The Kier molecular flexibility index (Phi) is 4.53. The van der Waals surface area contributed by atoms with Crippen LogP contribution in [0.1, 0.15) is 12.5 Å². The van der Waals surface area contributed by atoms with Crippen molar-refractivity contribution in [1.29, 1.82) is 0 Å². The Morgan fingerprint density at radius 2 is 1.67 bits per heavy atom.